The van der Waals surface area contributed by atoms with Crippen LogP contribution in [0.1, 0.15) is 37.4 Å². The molecule has 0 N–H and O–H groups in total. The lowest BCUT2D eigenvalue weighted by Gasteiger charge is -2.05. The highest BCUT2D eigenvalue weighted by Crippen LogP contribution is 2.29. The van der Waals surface area contributed by atoms with Crippen LogP contribution in [0.25, 0.3) is 22.2 Å². The molecule has 5 rings (SSSR count). The first-order valence-electron chi connectivity index (χ1n) is 12.2. The number of allylic oxidation sites excluding steroid dienone is 2. The van der Waals surface area contributed by atoms with Crippen molar-refractivity contribution in [3.63, 3.8) is 0 Å². The number of alkyl halides is 3. The van der Waals surface area contributed by atoms with Crippen LogP contribution in [0.2, 0.25) is 10.0 Å². The van der Waals surface area contributed by atoms with Gasteiger partial charge in [0.15, 0.2) is 11.6 Å². The summed E-state index contributed by atoms with van der Waals surface area (Å²) in [5, 5.41) is 4.15. The van der Waals surface area contributed by atoms with Crippen LogP contribution in [0.5, 0.6) is 0 Å². The molecule has 5 aromatic rings. The molecule has 1 heterocycles. The van der Waals surface area contributed by atoms with E-state index in [0.717, 1.165) is 33.3 Å². The van der Waals surface area contributed by atoms with Crippen molar-refractivity contribution >= 4 is 68.3 Å². The smallest absolute Gasteiger partial charge is 0.289 e. The van der Waals surface area contributed by atoms with Crippen molar-refractivity contribution in [2.24, 2.45) is 0 Å². The fourth-order valence-electron chi connectivity index (χ4n) is 3.67. The molecule has 0 saturated carbocycles. The largest absolute Gasteiger partial charge is 0.416 e. The maximum atomic E-state index is 12.4. The molecule has 0 aliphatic carbocycles. The number of rotatable bonds is 6. The Morgan fingerprint density at radius 2 is 1.17 bits per heavy atom. The number of benzene rings is 4. The third-order valence-electron chi connectivity index (χ3n) is 5.84. The lowest BCUT2D eigenvalue weighted by Crippen LogP contribution is -2.04. The molecule has 0 amide bonds. The molecule has 0 aliphatic rings. The first-order valence-corrected chi connectivity index (χ1v) is 13.8. The number of ketones is 2. The minimum absolute atomic E-state index is 0.0254. The summed E-state index contributed by atoms with van der Waals surface area (Å²) in [6, 6.07) is 26.3. The fourth-order valence-corrected chi connectivity index (χ4v) is 4.87. The molecule has 0 fully saturated rings. The Labute approximate surface area is 249 Å². The van der Waals surface area contributed by atoms with Gasteiger partial charge in [-0.2, -0.15) is 13.2 Å². The zero-order valence-electron chi connectivity index (χ0n) is 21.2. The highest BCUT2D eigenvalue weighted by molar-refractivity contribution is 7.17. The topological polar surface area (TPSA) is 34.1 Å². The van der Waals surface area contributed by atoms with Gasteiger partial charge in [0.2, 0.25) is 0 Å². The van der Waals surface area contributed by atoms with Gasteiger partial charge in [0.1, 0.15) is 0 Å². The van der Waals surface area contributed by atoms with Crippen LogP contribution in [0.3, 0.4) is 0 Å². The molecule has 4 aromatic carbocycles. The lowest BCUT2D eigenvalue weighted by atomic mass is 10.1. The Kier molecular flexibility index (Phi) is 9.95. The van der Waals surface area contributed by atoms with Crippen LogP contribution in [-0.2, 0) is 6.18 Å². The minimum atomic E-state index is -4.36. The van der Waals surface area contributed by atoms with Crippen molar-refractivity contribution in [1.29, 1.82) is 0 Å². The molecule has 41 heavy (non-hydrogen) atoms. The number of carbonyl (C=O) groups excluding carboxylic acids is 2. The van der Waals surface area contributed by atoms with E-state index in [9.17, 15) is 22.8 Å². The van der Waals surface area contributed by atoms with E-state index in [0.29, 0.717) is 21.2 Å². The summed E-state index contributed by atoms with van der Waals surface area (Å²) in [7, 11) is 0. The Bertz CT molecular complexity index is 1700. The van der Waals surface area contributed by atoms with E-state index in [4.69, 9.17) is 23.2 Å². The molecule has 0 saturated heterocycles. The number of carbonyl (C=O) groups is 2. The summed E-state index contributed by atoms with van der Waals surface area (Å²) in [4.78, 5) is 24.1. The third kappa shape index (κ3) is 8.51. The molecule has 0 aliphatic heterocycles. The van der Waals surface area contributed by atoms with E-state index >= 15 is 0 Å². The van der Waals surface area contributed by atoms with Crippen LogP contribution < -0.4 is 0 Å². The van der Waals surface area contributed by atoms with Gasteiger partial charge in [0.25, 0.3) is 0 Å². The summed E-state index contributed by atoms with van der Waals surface area (Å²) in [6.07, 6.45) is 1.84. The predicted octanol–water partition coefficient (Wildman–Crippen LogP) is 10.7. The van der Waals surface area contributed by atoms with E-state index in [2.05, 4.69) is 0 Å². The quantitative estimate of drug-likeness (QED) is 0.142. The average Bonchev–Trinajstić information content (AvgIpc) is 3.40. The minimum Gasteiger partial charge on any atom is -0.289 e. The normalized spacial score (nSPS) is 11.5. The Morgan fingerprint density at radius 3 is 1.76 bits per heavy atom. The van der Waals surface area contributed by atoms with Crippen LogP contribution in [0, 0.1) is 0 Å². The van der Waals surface area contributed by atoms with E-state index in [1.807, 2.05) is 60.0 Å². The summed E-state index contributed by atoms with van der Waals surface area (Å²) in [6.45, 7) is 0. The molecule has 0 spiro atoms. The third-order valence-corrected chi connectivity index (χ3v) is 7.30. The molecule has 0 radical (unpaired) electrons. The summed E-state index contributed by atoms with van der Waals surface area (Å²) >= 11 is 13.1. The molecule has 0 atom stereocenters. The van der Waals surface area contributed by atoms with E-state index in [-0.39, 0.29) is 11.6 Å². The van der Waals surface area contributed by atoms with Gasteiger partial charge >= 0.3 is 6.18 Å². The van der Waals surface area contributed by atoms with Crippen LogP contribution in [-0.4, -0.2) is 11.6 Å². The average molecular weight is 609 g/mol. The number of halogens is 5. The maximum Gasteiger partial charge on any atom is 0.416 e. The number of hydrogen-bond acceptors (Lipinski definition) is 3. The van der Waals surface area contributed by atoms with Gasteiger partial charge in [-0.05, 0) is 77.9 Å². The predicted molar refractivity (Wildman–Crippen MR) is 163 cm³/mol. The SMILES string of the molecule is O=C(C=Cc1ccc(C(F)(F)F)cc1)c1ccc(Cl)cc1.O=C(C=Cc1ccc(Cl)cc1)c1csc2ccccc12. The van der Waals surface area contributed by atoms with Crippen molar-refractivity contribution in [2.75, 3.05) is 0 Å². The van der Waals surface area contributed by atoms with Gasteiger partial charge in [-0.3, -0.25) is 9.59 Å². The van der Waals surface area contributed by atoms with Crippen molar-refractivity contribution < 1.29 is 22.8 Å². The second kappa shape index (κ2) is 13.6. The summed E-state index contributed by atoms with van der Waals surface area (Å²) < 4.78 is 38.3. The monoisotopic (exact) mass is 608 g/mol. The van der Waals surface area contributed by atoms with Gasteiger partial charge in [0, 0.05) is 36.6 Å². The molecule has 2 nitrogen and oxygen atoms in total. The maximum absolute atomic E-state index is 12.4. The van der Waals surface area contributed by atoms with Gasteiger partial charge in [-0.25, -0.2) is 0 Å². The molecule has 206 valence electrons. The van der Waals surface area contributed by atoms with Gasteiger partial charge < -0.3 is 0 Å². The van der Waals surface area contributed by atoms with E-state index in [1.54, 1.807) is 41.7 Å². The molecule has 0 unspecified atom stereocenters. The molecule has 0 bridgehead atoms. The highest BCUT2D eigenvalue weighted by atomic mass is 35.5. The lowest BCUT2D eigenvalue weighted by molar-refractivity contribution is -0.137. The second-order valence-corrected chi connectivity index (χ2v) is 10.5. The van der Waals surface area contributed by atoms with Crippen LogP contribution >= 0.6 is 34.5 Å². The Hall–Kier alpha value is -3.97. The molecular weight excluding hydrogens is 588 g/mol. The summed E-state index contributed by atoms with van der Waals surface area (Å²) in [5.74, 6) is -0.219. The molecule has 1 aromatic heterocycles. The summed E-state index contributed by atoms with van der Waals surface area (Å²) in [5.41, 5.74) is 1.98. The number of thiophene rings is 1. The fraction of sp³-hybridized carbons (Fsp3) is 0.0303. The van der Waals surface area contributed by atoms with Crippen molar-refractivity contribution in [1.82, 2.24) is 0 Å². The van der Waals surface area contributed by atoms with Crippen LogP contribution in [0.4, 0.5) is 13.2 Å². The van der Waals surface area contributed by atoms with Gasteiger partial charge in [-0.15, -0.1) is 11.3 Å². The van der Waals surface area contributed by atoms with E-state index in [1.165, 1.54) is 24.3 Å². The van der Waals surface area contributed by atoms with Crippen LogP contribution in [0.15, 0.2) is 115 Å². The van der Waals surface area contributed by atoms with E-state index < -0.39 is 11.7 Å². The Morgan fingerprint density at radius 1 is 0.659 bits per heavy atom. The van der Waals surface area contributed by atoms with Crippen molar-refractivity contribution in [2.45, 2.75) is 6.18 Å². The molecule has 8 heteroatoms. The first kappa shape index (κ1) is 30.0. The van der Waals surface area contributed by atoms with Gasteiger partial charge in [0.05, 0.1) is 5.56 Å². The zero-order chi connectivity index (χ0) is 29.4. The standard InChI is InChI=1S/C17H11ClOS.C16H10ClF3O/c18-13-8-5-12(6-9-13)7-10-16(19)15-11-20-17-4-2-1-3-14(15)17;17-14-8-4-12(5-9-14)15(21)10-3-11-1-6-13(7-2-11)16(18,19)20/h1-11H;1-10H. The molecular formula is C33H21Cl2F3O2S. The van der Waals surface area contributed by atoms with Gasteiger partial charge in [-0.1, -0.05) is 77.8 Å². The second-order valence-electron chi connectivity index (χ2n) is 8.72. The Balaban J connectivity index is 0.000000189. The number of hydrogen-bond donors (Lipinski definition) is 0. The van der Waals surface area contributed by atoms with Crippen molar-refractivity contribution in [3.05, 3.63) is 152 Å². The van der Waals surface area contributed by atoms with Crippen molar-refractivity contribution in [3.8, 4) is 0 Å². The number of fused-ring (bicyclic) bond motifs is 1. The first-order chi connectivity index (χ1) is 19.6. The highest BCUT2D eigenvalue weighted by Gasteiger charge is 2.29. The zero-order valence-corrected chi connectivity index (χ0v) is 23.6.